The quantitative estimate of drug-likeness (QED) is 0.752. The van der Waals surface area contributed by atoms with Crippen molar-refractivity contribution >= 4 is 35.1 Å². The summed E-state index contributed by atoms with van der Waals surface area (Å²) in [5.74, 6) is 1.52. The minimum atomic E-state index is 0. The summed E-state index contributed by atoms with van der Waals surface area (Å²) in [6.45, 7) is 2.29. The number of hydrogen-bond acceptors (Lipinski definition) is 5. The lowest BCUT2D eigenvalue weighted by molar-refractivity contribution is 0.311. The van der Waals surface area contributed by atoms with Crippen molar-refractivity contribution in [2.24, 2.45) is 0 Å². The van der Waals surface area contributed by atoms with E-state index in [-0.39, 0.29) is 19.0 Å². The fraction of sp³-hybridized carbons (Fsp3) is 0.263. The molecule has 1 aliphatic rings. The first-order valence-corrected chi connectivity index (χ1v) is 8.28. The molecule has 0 spiro atoms. The van der Waals surface area contributed by atoms with Crippen LogP contribution in [0.15, 0.2) is 48.5 Å². The third-order valence-electron chi connectivity index (χ3n) is 4.41. The van der Waals surface area contributed by atoms with Crippen LogP contribution in [0.2, 0.25) is 0 Å². The SMILES string of the molecule is Cl.OCCNc1nc(N2CCc3ccccc3C2)nc2ccccc12. The van der Waals surface area contributed by atoms with Crippen LogP contribution >= 0.6 is 12.4 Å². The maximum atomic E-state index is 9.11. The van der Waals surface area contributed by atoms with Gasteiger partial charge < -0.3 is 15.3 Å². The zero-order chi connectivity index (χ0) is 16.4. The summed E-state index contributed by atoms with van der Waals surface area (Å²) in [6.07, 6.45) is 1.01. The van der Waals surface area contributed by atoms with Crippen molar-refractivity contribution in [1.29, 1.82) is 0 Å². The Morgan fingerprint density at radius 3 is 2.60 bits per heavy atom. The van der Waals surface area contributed by atoms with Gasteiger partial charge in [0.25, 0.3) is 0 Å². The molecule has 6 heteroatoms. The van der Waals surface area contributed by atoms with E-state index in [9.17, 15) is 0 Å². The van der Waals surface area contributed by atoms with E-state index in [1.807, 2.05) is 24.3 Å². The van der Waals surface area contributed by atoms with Gasteiger partial charge in [0, 0.05) is 25.0 Å². The van der Waals surface area contributed by atoms with E-state index < -0.39 is 0 Å². The molecule has 3 aromatic rings. The zero-order valence-electron chi connectivity index (χ0n) is 13.9. The second-order valence-corrected chi connectivity index (χ2v) is 5.98. The monoisotopic (exact) mass is 356 g/mol. The number of para-hydroxylation sites is 1. The Hall–Kier alpha value is -2.37. The van der Waals surface area contributed by atoms with E-state index in [1.54, 1.807) is 0 Å². The summed E-state index contributed by atoms with van der Waals surface area (Å²) in [6, 6.07) is 16.5. The van der Waals surface area contributed by atoms with Gasteiger partial charge >= 0.3 is 0 Å². The average Bonchev–Trinajstić information content (AvgIpc) is 2.65. The molecule has 5 nitrogen and oxygen atoms in total. The van der Waals surface area contributed by atoms with Gasteiger partial charge in [-0.25, -0.2) is 4.98 Å². The third-order valence-corrected chi connectivity index (χ3v) is 4.41. The van der Waals surface area contributed by atoms with Gasteiger partial charge in [-0.1, -0.05) is 36.4 Å². The molecule has 0 unspecified atom stereocenters. The smallest absolute Gasteiger partial charge is 0.228 e. The Morgan fingerprint density at radius 2 is 1.76 bits per heavy atom. The fourth-order valence-electron chi connectivity index (χ4n) is 3.18. The number of rotatable bonds is 4. The lowest BCUT2D eigenvalue weighted by Gasteiger charge is -2.29. The number of anilines is 2. The lowest BCUT2D eigenvalue weighted by atomic mass is 10.0. The van der Waals surface area contributed by atoms with Gasteiger partial charge in [0.15, 0.2) is 0 Å². The number of nitrogens with one attached hydrogen (secondary N) is 1. The molecule has 1 aliphatic heterocycles. The lowest BCUT2D eigenvalue weighted by Crippen LogP contribution is -2.32. The molecule has 0 atom stereocenters. The average molecular weight is 357 g/mol. The van der Waals surface area contributed by atoms with Gasteiger partial charge in [0.1, 0.15) is 5.82 Å². The van der Waals surface area contributed by atoms with Crippen LogP contribution in [0.4, 0.5) is 11.8 Å². The Labute approximate surface area is 153 Å². The highest BCUT2D eigenvalue weighted by molar-refractivity contribution is 5.90. The molecule has 1 aromatic heterocycles. The number of hydrogen-bond donors (Lipinski definition) is 2. The summed E-state index contributed by atoms with van der Waals surface area (Å²) in [4.78, 5) is 11.7. The van der Waals surface area contributed by atoms with Crippen LogP contribution in [0.1, 0.15) is 11.1 Å². The number of halogens is 1. The van der Waals surface area contributed by atoms with Crippen molar-refractivity contribution in [2.45, 2.75) is 13.0 Å². The molecule has 0 saturated heterocycles. The van der Waals surface area contributed by atoms with Crippen LogP contribution in [0.5, 0.6) is 0 Å². The van der Waals surface area contributed by atoms with E-state index in [0.717, 1.165) is 42.2 Å². The maximum Gasteiger partial charge on any atom is 0.228 e. The van der Waals surface area contributed by atoms with Crippen LogP contribution in [0.25, 0.3) is 10.9 Å². The van der Waals surface area contributed by atoms with Crippen molar-refractivity contribution in [2.75, 3.05) is 29.9 Å². The molecule has 0 radical (unpaired) electrons. The van der Waals surface area contributed by atoms with E-state index in [2.05, 4.69) is 34.5 Å². The molecule has 0 bridgehead atoms. The topological polar surface area (TPSA) is 61.3 Å². The standard InChI is InChI=1S/C19H20N4O.ClH/c24-12-10-20-18-16-7-3-4-8-17(16)21-19(22-18)23-11-9-14-5-1-2-6-15(14)13-23;/h1-8,24H,9-13H2,(H,20,21,22);1H. The Bertz CT molecular complexity index is 871. The van der Waals surface area contributed by atoms with Crippen LogP contribution in [0, 0.1) is 0 Å². The predicted octanol–water partition coefficient (Wildman–Crippen LogP) is 3.02. The normalized spacial score (nSPS) is 13.2. The summed E-state index contributed by atoms with van der Waals surface area (Å²) in [5.41, 5.74) is 3.67. The first-order chi connectivity index (χ1) is 11.8. The number of aromatic nitrogens is 2. The van der Waals surface area contributed by atoms with Gasteiger partial charge in [0.05, 0.1) is 12.1 Å². The van der Waals surface area contributed by atoms with Gasteiger partial charge in [-0.15, -0.1) is 12.4 Å². The first kappa shape index (κ1) is 17.5. The maximum absolute atomic E-state index is 9.11. The van der Waals surface area contributed by atoms with E-state index >= 15 is 0 Å². The largest absolute Gasteiger partial charge is 0.395 e. The Morgan fingerprint density at radius 1 is 1.00 bits per heavy atom. The summed E-state index contributed by atoms with van der Waals surface area (Å²) in [5, 5.41) is 13.3. The second-order valence-electron chi connectivity index (χ2n) is 5.98. The van der Waals surface area contributed by atoms with Gasteiger partial charge in [-0.05, 0) is 29.7 Å². The first-order valence-electron chi connectivity index (χ1n) is 8.28. The molecule has 0 fully saturated rings. The molecular weight excluding hydrogens is 336 g/mol. The molecule has 2 N–H and O–H groups in total. The van der Waals surface area contributed by atoms with Crippen LogP contribution in [-0.2, 0) is 13.0 Å². The number of benzene rings is 2. The fourth-order valence-corrected chi connectivity index (χ4v) is 3.18. The molecule has 0 aliphatic carbocycles. The predicted molar refractivity (Wildman–Crippen MR) is 104 cm³/mol. The molecule has 130 valence electrons. The van der Waals surface area contributed by atoms with Crippen molar-refractivity contribution in [3.8, 4) is 0 Å². The van der Waals surface area contributed by atoms with E-state index in [4.69, 9.17) is 15.1 Å². The second kappa shape index (κ2) is 7.68. The van der Waals surface area contributed by atoms with Crippen LogP contribution in [0.3, 0.4) is 0 Å². The molecule has 0 amide bonds. The molecule has 2 aromatic carbocycles. The number of aliphatic hydroxyl groups excluding tert-OH is 1. The highest BCUT2D eigenvalue weighted by Crippen LogP contribution is 2.26. The molecule has 0 saturated carbocycles. The summed E-state index contributed by atoms with van der Waals surface area (Å²) in [7, 11) is 0. The van der Waals surface area contributed by atoms with E-state index in [0.29, 0.717) is 6.54 Å². The third kappa shape index (κ3) is 3.52. The van der Waals surface area contributed by atoms with Gasteiger partial charge in [0.2, 0.25) is 5.95 Å². The minimum Gasteiger partial charge on any atom is -0.395 e. The van der Waals surface area contributed by atoms with Crippen molar-refractivity contribution < 1.29 is 5.11 Å². The van der Waals surface area contributed by atoms with Crippen molar-refractivity contribution in [3.63, 3.8) is 0 Å². The molecule has 25 heavy (non-hydrogen) atoms. The van der Waals surface area contributed by atoms with Crippen LogP contribution in [-0.4, -0.2) is 34.8 Å². The highest BCUT2D eigenvalue weighted by Gasteiger charge is 2.19. The Balaban J connectivity index is 0.00000182. The minimum absolute atomic E-state index is 0. The number of aliphatic hydroxyl groups is 1. The molecule has 2 heterocycles. The van der Waals surface area contributed by atoms with Crippen LogP contribution < -0.4 is 10.2 Å². The van der Waals surface area contributed by atoms with Crippen molar-refractivity contribution in [3.05, 3.63) is 59.7 Å². The number of fused-ring (bicyclic) bond motifs is 2. The van der Waals surface area contributed by atoms with Crippen molar-refractivity contribution in [1.82, 2.24) is 9.97 Å². The highest BCUT2D eigenvalue weighted by atomic mass is 35.5. The zero-order valence-corrected chi connectivity index (χ0v) is 14.7. The number of nitrogens with zero attached hydrogens (tertiary/aromatic N) is 3. The summed E-state index contributed by atoms with van der Waals surface area (Å²) < 4.78 is 0. The van der Waals surface area contributed by atoms with E-state index in [1.165, 1.54) is 11.1 Å². The van der Waals surface area contributed by atoms with Gasteiger partial charge in [-0.2, -0.15) is 4.98 Å². The molecular formula is C19H21ClN4O. The van der Waals surface area contributed by atoms with Gasteiger partial charge in [-0.3, -0.25) is 0 Å². The molecule has 4 rings (SSSR count). The summed E-state index contributed by atoms with van der Waals surface area (Å²) >= 11 is 0. The Kier molecular flexibility index (Phi) is 5.36.